The predicted molar refractivity (Wildman–Crippen MR) is 121 cm³/mol. The molecule has 0 aliphatic carbocycles. The standard InChI is InChI=1S/C23H26N6O3/c1-16-23(17(2)29(26-16)21-5-3-4-8-24-21)28-11-9-27(10-12-28)14-22(30)25-18-6-7-19-20(13-18)32-15-31-19/h3-8,13H,9-12,14-15H2,1-2H3,(H,25,30). The van der Waals surface area contributed by atoms with Crippen molar-refractivity contribution >= 4 is 17.3 Å². The van der Waals surface area contributed by atoms with Gasteiger partial charge < -0.3 is 19.7 Å². The Labute approximate surface area is 186 Å². The maximum Gasteiger partial charge on any atom is 0.238 e. The Bertz CT molecular complexity index is 1120. The molecule has 1 fully saturated rings. The molecule has 1 amide bonds. The van der Waals surface area contributed by atoms with E-state index in [1.165, 1.54) is 0 Å². The molecule has 0 radical (unpaired) electrons. The topological polar surface area (TPSA) is 84.8 Å². The van der Waals surface area contributed by atoms with Crippen molar-refractivity contribution in [2.75, 3.05) is 49.7 Å². The first-order valence-electron chi connectivity index (χ1n) is 10.7. The number of piperazine rings is 1. The Morgan fingerprint density at radius 3 is 2.66 bits per heavy atom. The third-order valence-corrected chi connectivity index (χ3v) is 5.83. The van der Waals surface area contributed by atoms with Crippen molar-refractivity contribution in [2.45, 2.75) is 13.8 Å². The lowest BCUT2D eigenvalue weighted by Crippen LogP contribution is -2.49. The van der Waals surface area contributed by atoms with Gasteiger partial charge in [-0.3, -0.25) is 9.69 Å². The molecule has 0 spiro atoms. The number of carbonyl (C=O) groups is 1. The predicted octanol–water partition coefficient (Wildman–Crippen LogP) is 2.37. The van der Waals surface area contributed by atoms with Crippen molar-refractivity contribution in [3.05, 3.63) is 54.0 Å². The molecule has 1 aromatic carbocycles. The molecule has 0 unspecified atom stereocenters. The molecule has 1 N–H and O–H groups in total. The van der Waals surface area contributed by atoms with E-state index in [9.17, 15) is 4.79 Å². The number of nitrogens with zero attached hydrogens (tertiary/aromatic N) is 5. The first kappa shape index (κ1) is 20.3. The average molecular weight is 435 g/mol. The SMILES string of the molecule is Cc1nn(-c2ccccn2)c(C)c1N1CCN(CC(=O)Nc2ccc3c(c2)OCO3)CC1. The Hall–Kier alpha value is -3.59. The third-order valence-electron chi connectivity index (χ3n) is 5.83. The molecule has 32 heavy (non-hydrogen) atoms. The molecule has 2 aromatic heterocycles. The Morgan fingerprint density at radius 1 is 1.06 bits per heavy atom. The minimum Gasteiger partial charge on any atom is -0.454 e. The number of hydrogen-bond donors (Lipinski definition) is 1. The molecular formula is C23H26N6O3. The smallest absolute Gasteiger partial charge is 0.238 e. The first-order valence-corrected chi connectivity index (χ1v) is 10.7. The molecule has 3 aromatic rings. The Balaban J connectivity index is 1.19. The number of fused-ring (bicyclic) bond motifs is 1. The molecule has 0 atom stereocenters. The van der Waals surface area contributed by atoms with Crippen LogP contribution in [0.4, 0.5) is 11.4 Å². The molecule has 0 saturated carbocycles. The summed E-state index contributed by atoms with van der Waals surface area (Å²) in [7, 11) is 0. The second-order valence-electron chi connectivity index (χ2n) is 8.00. The number of anilines is 2. The zero-order valence-electron chi connectivity index (χ0n) is 18.2. The van der Waals surface area contributed by atoms with Gasteiger partial charge in [-0.15, -0.1) is 0 Å². The van der Waals surface area contributed by atoms with Crippen LogP contribution in [0.5, 0.6) is 11.5 Å². The molecule has 1 saturated heterocycles. The summed E-state index contributed by atoms with van der Waals surface area (Å²) >= 11 is 0. The number of carbonyl (C=O) groups excluding carboxylic acids is 1. The van der Waals surface area contributed by atoms with Gasteiger partial charge in [0.1, 0.15) is 0 Å². The van der Waals surface area contributed by atoms with Gasteiger partial charge in [-0.05, 0) is 38.1 Å². The number of hydrogen-bond acceptors (Lipinski definition) is 7. The fourth-order valence-corrected chi connectivity index (χ4v) is 4.30. The summed E-state index contributed by atoms with van der Waals surface area (Å²) in [4.78, 5) is 21.5. The molecular weight excluding hydrogens is 408 g/mol. The molecule has 5 rings (SSSR count). The van der Waals surface area contributed by atoms with Gasteiger partial charge >= 0.3 is 0 Å². The van der Waals surface area contributed by atoms with E-state index in [2.05, 4.69) is 27.0 Å². The first-order chi connectivity index (χ1) is 15.6. The Morgan fingerprint density at radius 2 is 1.88 bits per heavy atom. The van der Waals surface area contributed by atoms with Crippen molar-refractivity contribution in [1.29, 1.82) is 0 Å². The highest BCUT2D eigenvalue weighted by Gasteiger charge is 2.24. The lowest BCUT2D eigenvalue weighted by molar-refractivity contribution is -0.117. The minimum atomic E-state index is -0.0346. The van der Waals surface area contributed by atoms with Crippen LogP contribution in [0.1, 0.15) is 11.4 Å². The van der Waals surface area contributed by atoms with Crippen LogP contribution in [0.15, 0.2) is 42.6 Å². The van der Waals surface area contributed by atoms with Crippen molar-refractivity contribution in [2.24, 2.45) is 0 Å². The van der Waals surface area contributed by atoms with E-state index < -0.39 is 0 Å². The van der Waals surface area contributed by atoms with Gasteiger partial charge in [0.25, 0.3) is 0 Å². The lowest BCUT2D eigenvalue weighted by Gasteiger charge is -2.35. The molecule has 2 aliphatic rings. The van der Waals surface area contributed by atoms with Gasteiger partial charge in [-0.1, -0.05) is 6.07 Å². The number of pyridine rings is 1. The summed E-state index contributed by atoms with van der Waals surface area (Å²) < 4.78 is 12.6. The van der Waals surface area contributed by atoms with E-state index in [0.29, 0.717) is 23.7 Å². The van der Waals surface area contributed by atoms with Gasteiger partial charge in [0.15, 0.2) is 17.3 Å². The van der Waals surface area contributed by atoms with Crippen molar-refractivity contribution < 1.29 is 14.3 Å². The quantitative estimate of drug-likeness (QED) is 0.660. The molecule has 9 heteroatoms. The summed E-state index contributed by atoms with van der Waals surface area (Å²) in [5.74, 6) is 2.15. The van der Waals surface area contributed by atoms with Crippen LogP contribution >= 0.6 is 0 Å². The highest BCUT2D eigenvalue weighted by atomic mass is 16.7. The number of aromatic nitrogens is 3. The highest BCUT2D eigenvalue weighted by Crippen LogP contribution is 2.34. The largest absolute Gasteiger partial charge is 0.454 e. The van der Waals surface area contributed by atoms with Crippen molar-refractivity contribution in [3.8, 4) is 17.3 Å². The summed E-state index contributed by atoms with van der Waals surface area (Å²) in [5.41, 5.74) is 3.93. The molecule has 2 aliphatic heterocycles. The zero-order valence-corrected chi connectivity index (χ0v) is 18.2. The van der Waals surface area contributed by atoms with Gasteiger partial charge in [0.2, 0.25) is 12.7 Å². The normalized spacial score (nSPS) is 15.8. The number of benzene rings is 1. The number of aryl methyl sites for hydroxylation is 1. The fourth-order valence-electron chi connectivity index (χ4n) is 4.30. The summed E-state index contributed by atoms with van der Waals surface area (Å²) in [6, 6.07) is 11.3. The maximum absolute atomic E-state index is 12.5. The summed E-state index contributed by atoms with van der Waals surface area (Å²) in [6.07, 6.45) is 1.78. The number of amides is 1. The van der Waals surface area contributed by atoms with Gasteiger partial charge in [-0.2, -0.15) is 5.10 Å². The second kappa shape index (κ2) is 8.51. The third kappa shape index (κ3) is 3.99. The van der Waals surface area contributed by atoms with Gasteiger partial charge in [0, 0.05) is 44.1 Å². The zero-order chi connectivity index (χ0) is 22.1. The van der Waals surface area contributed by atoms with Crippen LogP contribution < -0.4 is 19.7 Å². The Kier molecular flexibility index (Phi) is 5.40. The number of rotatable bonds is 5. The van der Waals surface area contributed by atoms with E-state index in [1.807, 2.05) is 41.9 Å². The van der Waals surface area contributed by atoms with Crippen LogP contribution in [0.3, 0.4) is 0 Å². The molecule has 166 valence electrons. The van der Waals surface area contributed by atoms with Gasteiger partial charge in [-0.25, -0.2) is 9.67 Å². The second-order valence-corrected chi connectivity index (χ2v) is 8.00. The monoisotopic (exact) mass is 434 g/mol. The van der Waals surface area contributed by atoms with Crippen LogP contribution in [0.25, 0.3) is 5.82 Å². The van der Waals surface area contributed by atoms with E-state index in [0.717, 1.165) is 49.1 Å². The summed E-state index contributed by atoms with van der Waals surface area (Å²) in [5, 5.41) is 7.66. The number of ether oxygens (including phenoxy) is 2. The fraction of sp³-hybridized carbons (Fsp3) is 0.348. The van der Waals surface area contributed by atoms with Gasteiger partial charge in [0.05, 0.1) is 23.6 Å². The molecule has 9 nitrogen and oxygen atoms in total. The van der Waals surface area contributed by atoms with Crippen LogP contribution in [-0.2, 0) is 4.79 Å². The summed E-state index contributed by atoms with van der Waals surface area (Å²) in [6.45, 7) is 7.98. The van der Waals surface area contributed by atoms with Crippen LogP contribution in [0, 0.1) is 13.8 Å². The van der Waals surface area contributed by atoms with E-state index in [-0.39, 0.29) is 12.7 Å². The number of nitrogens with one attached hydrogen (secondary N) is 1. The van der Waals surface area contributed by atoms with E-state index in [1.54, 1.807) is 12.3 Å². The van der Waals surface area contributed by atoms with E-state index in [4.69, 9.17) is 14.6 Å². The highest BCUT2D eigenvalue weighted by molar-refractivity contribution is 5.92. The van der Waals surface area contributed by atoms with Crippen LogP contribution in [0.2, 0.25) is 0 Å². The molecule has 0 bridgehead atoms. The average Bonchev–Trinajstić information content (AvgIpc) is 3.38. The van der Waals surface area contributed by atoms with Crippen molar-refractivity contribution in [3.63, 3.8) is 0 Å². The van der Waals surface area contributed by atoms with Crippen LogP contribution in [-0.4, -0.2) is 65.1 Å². The lowest BCUT2D eigenvalue weighted by atomic mass is 10.2. The minimum absolute atomic E-state index is 0.0346. The molecule has 4 heterocycles. The maximum atomic E-state index is 12.5. The van der Waals surface area contributed by atoms with E-state index >= 15 is 0 Å². The van der Waals surface area contributed by atoms with Crippen molar-refractivity contribution in [1.82, 2.24) is 19.7 Å².